The molecular weight excluding hydrogens is 148 g/mol. The van der Waals surface area contributed by atoms with Crippen molar-refractivity contribution in [1.29, 1.82) is 0 Å². The van der Waals surface area contributed by atoms with Gasteiger partial charge in [0.05, 0.1) is 6.21 Å². The lowest BCUT2D eigenvalue weighted by molar-refractivity contribution is 0.577. The van der Waals surface area contributed by atoms with Crippen LogP contribution in [0.4, 0.5) is 0 Å². The molecule has 2 nitrogen and oxygen atoms in total. The molecule has 0 aromatic rings. The third-order valence-corrected chi connectivity index (χ3v) is 2.63. The predicted octanol–water partition coefficient (Wildman–Crippen LogP) is 2.18. The van der Waals surface area contributed by atoms with Crippen molar-refractivity contribution in [3.63, 3.8) is 0 Å². The fourth-order valence-corrected chi connectivity index (χ4v) is 2.00. The van der Waals surface area contributed by atoms with E-state index in [0.29, 0.717) is 11.8 Å². The number of rotatable bonds is 0. The monoisotopic (exact) mass is 160 g/mol. The zero-order chi connectivity index (χ0) is 8.55. The Morgan fingerprint density at radius 3 is 2.92 bits per heavy atom. The van der Waals surface area contributed by atoms with Gasteiger partial charge in [-0.2, -0.15) is 5.10 Å². The van der Waals surface area contributed by atoms with Gasteiger partial charge in [-0.3, -0.25) is 0 Å². The summed E-state index contributed by atoms with van der Waals surface area (Å²) in [4.78, 5) is 0. The van der Waals surface area contributed by atoms with Crippen molar-refractivity contribution in [2.45, 2.75) is 20.3 Å². The van der Waals surface area contributed by atoms with Gasteiger partial charge in [0.25, 0.3) is 0 Å². The van der Waals surface area contributed by atoms with E-state index in [1.54, 1.807) is 0 Å². The lowest BCUT2D eigenvalue weighted by Crippen LogP contribution is -1.94. The molecule has 1 aliphatic heterocycles. The van der Waals surface area contributed by atoms with Crippen LogP contribution in [0.1, 0.15) is 20.3 Å². The van der Waals surface area contributed by atoms with Crippen molar-refractivity contribution in [3.8, 4) is 0 Å². The molecule has 2 rings (SSSR count). The lowest BCUT2D eigenvalue weighted by Gasteiger charge is -2.02. The smallest absolute Gasteiger partial charge is 0.0541 e. The highest BCUT2D eigenvalue weighted by molar-refractivity contribution is 5.84. The summed E-state index contributed by atoms with van der Waals surface area (Å²) in [5, 5.41) is 7.64. The number of hydrogen-bond acceptors (Lipinski definition) is 2. The molecule has 0 radical (unpaired) electrons. The molecule has 0 aromatic carbocycles. The third-order valence-electron chi connectivity index (χ3n) is 2.63. The topological polar surface area (TPSA) is 24.7 Å². The maximum atomic E-state index is 3.90. The van der Waals surface area contributed by atoms with Crippen LogP contribution in [0.25, 0.3) is 0 Å². The minimum Gasteiger partial charge on any atom is -0.150 e. The van der Waals surface area contributed by atoms with E-state index in [1.807, 2.05) is 12.3 Å². The standard InChI is InChI=1S/C10H12N2/c1-7-5-8(2)10-6-12-11-4-3-9(7)10/h3,6-8H,5H2,1-2H3. The summed E-state index contributed by atoms with van der Waals surface area (Å²) in [5.74, 6) is 4.08. The Kier molecular flexibility index (Phi) is 1.70. The third kappa shape index (κ3) is 1.05. The molecule has 12 heavy (non-hydrogen) atoms. The second-order valence-corrected chi connectivity index (χ2v) is 3.57. The van der Waals surface area contributed by atoms with Gasteiger partial charge >= 0.3 is 0 Å². The second kappa shape index (κ2) is 2.72. The van der Waals surface area contributed by atoms with Crippen molar-refractivity contribution >= 4 is 12.1 Å². The van der Waals surface area contributed by atoms with Crippen molar-refractivity contribution in [1.82, 2.24) is 0 Å². The van der Waals surface area contributed by atoms with Crippen LogP contribution in [0, 0.1) is 11.8 Å². The van der Waals surface area contributed by atoms with Crippen molar-refractivity contribution in [2.75, 3.05) is 0 Å². The van der Waals surface area contributed by atoms with Crippen LogP contribution in [0.2, 0.25) is 0 Å². The summed E-state index contributed by atoms with van der Waals surface area (Å²) in [6.45, 7) is 4.49. The van der Waals surface area contributed by atoms with Crippen molar-refractivity contribution < 1.29 is 0 Å². The van der Waals surface area contributed by atoms with E-state index in [4.69, 9.17) is 0 Å². The molecule has 0 aromatic heterocycles. The zero-order valence-electron chi connectivity index (χ0n) is 7.41. The highest BCUT2D eigenvalue weighted by atomic mass is 15.2. The summed E-state index contributed by atoms with van der Waals surface area (Å²) in [5.41, 5.74) is 2.71. The van der Waals surface area contributed by atoms with E-state index in [0.717, 1.165) is 0 Å². The highest BCUT2D eigenvalue weighted by Crippen LogP contribution is 2.36. The molecular formula is C10H12N2. The summed E-state index contributed by atoms with van der Waals surface area (Å²) in [7, 11) is 0. The number of hydrogen-bond donors (Lipinski definition) is 0. The van der Waals surface area contributed by atoms with Crippen molar-refractivity contribution in [3.05, 3.63) is 17.2 Å². The first-order chi connectivity index (χ1) is 5.79. The largest absolute Gasteiger partial charge is 0.150 e. The molecule has 2 atom stereocenters. The normalized spacial score (nSPS) is 32.5. The molecule has 0 spiro atoms. The SMILES string of the molecule is CC1CC(C)C2=C1C=C=NN=C2. The van der Waals surface area contributed by atoms with Gasteiger partial charge in [-0.05, 0) is 29.4 Å². The average Bonchev–Trinajstić information content (AvgIpc) is 2.29. The van der Waals surface area contributed by atoms with Gasteiger partial charge in [0, 0.05) is 11.9 Å². The summed E-state index contributed by atoms with van der Waals surface area (Å²) < 4.78 is 0. The van der Waals surface area contributed by atoms with E-state index < -0.39 is 0 Å². The number of nitrogens with zero attached hydrogens (tertiary/aromatic N) is 2. The Morgan fingerprint density at radius 2 is 2.08 bits per heavy atom. The Morgan fingerprint density at radius 1 is 1.33 bits per heavy atom. The molecule has 0 bridgehead atoms. The van der Waals surface area contributed by atoms with Crippen molar-refractivity contribution in [2.24, 2.45) is 22.0 Å². The Labute approximate surface area is 72.4 Å². The van der Waals surface area contributed by atoms with Gasteiger partial charge in [0.1, 0.15) is 0 Å². The lowest BCUT2D eigenvalue weighted by atomic mass is 10.0. The first-order valence-corrected chi connectivity index (χ1v) is 4.35. The molecule has 0 N–H and O–H groups in total. The molecule has 0 saturated heterocycles. The van der Waals surface area contributed by atoms with Crippen LogP contribution in [0.3, 0.4) is 0 Å². The fraction of sp³-hybridized carbons (Fsp3) is 0.500. The summed E-state index contributed by atoms with van der Waals surface area (Å²) >= 11 is 0. The van der Waals surface area contributed by atoms with Crippen LogP contribution < -0.4 is 0 Å². The van der Waals surface area contributed by atoms with Crippen LogP contribution >= 0.6 is 0 Å². The Balaban J connectivity index is 2.47. The van der Waals surface area contributed by atoms with Gasteiger partial charge in [0.15, 0.2) is 0 Å². The average molecular weight is 160 g/mol. The van der Waals surface area contributed by atoms with Gasteiger partial charge in [0.2, 0.25) is 0 Å². The second-order valence-electron chi connectivity index (χ2n) is 3.57. The first-order valence-electron chi connectivity index (χ1n) is 4.35. The Bertz CT molecular complexity index is 317. The minimum atomic E-state index is 0.630. The van der Waals surface area contributed by atoms with E-state index in [-0.39, 0.29) is 0 Å². The van der Waals surface area contributed by atoms with Crippen LogP contribution in [0.15, 0.2) is 27.4 Å². The van der Waals surface area contributed by atoms with Crippen LogP contribution in [-0.4, -0.2) is 12.1 Å². The van der Waals surface area contributed by atoms with E-state index >= 15 is 0 Å². The van der Waals surface area contributed by atoms with Crippen LogP contribution in [-0.2, 0) is 0 Å². The summed E-state index contributed by atoms with van der Waals surface area (Å²) in [6.07, 6.45) is 5.07. The molecule has 0 amide bonds. The summed E-state index contributed by atoms with van der Waals surface area (Å²) in [6, 6.07) is 0. The van der Waals surface area contributed by atoms with Gasteiger partial charge in [-0.1, -0.05) is 13.8 Å². The molecule has 2 heteroatoms. The van der Waals surface area contributed by atoms with E-state index in [2.05, 4.69) is 29.9 Å². The minimum absolute atomic E-state index is 0.630. The molecule has 0 saturated carbocycles. The van der Waals surface area contributed by atoms with Gasteiger partial charge in [-0.15, -0.1) is 5.10 Å². The molecule has 1 aliphatic carbocycles. The van der Waals surface area contributed by atoms with Gasteiger partial charge < -0.3 is 0 Å². The predicted molar refractivity (Wildman–Crippen MR) is 50.5 cm³/mol. The molecule has 2 unspecified atom stereocenters. The number of allylic oxidation sites excluding steroid dienone is 3. The molecule has 2 aliphatic rings. The first kappa shape index (κ1) is 7.51. The van der Waals surface area contributed by atoms with E-state index in [9.17, 15) is 0 Å². The zero-order valence-corrected chi connectivity index (χ0v) is 7.41. The molecule has 1 heterocycles. The maximum absolute atomic E-state index is 3.90. The van der Waals surface area contributed by atoms with Crippen LogP contribution in [0.5, 0.6) is 0 Å². The quantitative estimate of drug-likeness (QED) is 0.519. The Hall–Kier alpha value is -1.14. The molecule has 0 fully saturated rings. The van der Waals surface area contributed by atoms with Gasteiger partial charge in [-0.25, -0.2) is 0 Å². The highest BCUT2D eigenvalue weighted by Gasteiger charge is 2.25. The maximum Gasteiger partial charge on any atom is 0.0541 e. The fourth-order valence-electron chi connectivity index (χ4n) is 2.00. The van der Waals surface area contributed by atoms with E-state index in [1.165, 1.54) is 17.6 Å². The molecule has 62 valence electrons.